The number of rotatable bonds is 5. The van der Waals surface area contributed by atoms with Crippen molar-refractivity contribution in [1.82, 2.24) is 0 Å². The van der Waals surface area contributed by atoms with E-state index in [1.54, 1.807) is 6.08 Å². The number of esters is 1. The summed E-state index contributed by atoms with van der Waals surface area (Å²) in [5.74, 6) is -2.07. The largest absolute Gasteiger partial charge is 0.466 e. The summed E-state index contributed by atoms with van der Waals surface area (Å²) in [6, 6.07) is 0. The van der Waals surface area contributed by atoms with Gasteiger partial charge >= 0.3 is 5.97 Å². The van der Waals surface area contributed by atoms with E-state index >= 15 is 0 Å². The van der Waals surface area contributed by atoms with E-state index < -0.39 is 35.4 Å². The van der Waals surface area contributed by atoms with Crippen molar-refractivity contribution in [3.63, 3.8) is 0 Å². The van der Waals surface area contributed by atoms with Gasteiger partial charge in [0.1, 0.15) is 0 Å². The number of aliphatic hydroxyl groups is 3. The lowest BCUT2D eigenvalue weighted by Gasteiger charge is -2.49. The molecular weight excluding hydrogens is 272 g/mol. The van der Waals surface area contributed by atoms with Crippen LogP contribution in [0.1, 0.15) is 13.3 Å². The zero-order chi connectivity index (χ0) is 16.4. The molecule has 1 aliphatic carbocycles. The maximum absolute atomic E-state index is 11.6. The Morgan fingerprint density at radius 2 is 2.00 bits per heavy atom. The molecule has 5 nitrogen and oxygen atoms in total. The SMILES string of the molecule is C=CC1(C)CC(O)C(C(=C)C(=O)OC)C(O)C1C(=C)CO. The lowest BCUT2D eigenvalue weighted by Crippen LogP contribution is -2.53. The first-order valence-electron chi connectivity index (χ1n) is 6.78. The van der Waals surface area contributed by atoms with Gasteiger partial charge in [-0.15, -0.1) is 6.58 Å². The van der Waals surface area contributed by atoms with Crippen LogP contribution in [0.15, 0.2) is 37.0 Å². The van der Waals surface area contributed by atoms with Gasteiger partial charge in [-0.3, -0.25) is 0 Å². The summed E-state index contributed by atoms with van der Waals surface area (Å²) in [6.45, 7) is 12.7. The average molecular weight is 296 g/mol. The molecule has 21 heavy (non-hydrogen) atoms. The van der Waals surface area contributed by atoms with Crippen molar-refractivity contribution in [1.29, 1.82) is 0 Å². The van der Waals surface area contributed by atoms with Crippen molar-refractivity contribution in [3.05, 3.63) is 37.0 Å². The molecular formula is C16H24O5. The highest BCUT2D eigenvalue weighted by atomic mass is 16.5. The highest BCUT2D eigenvalue weighted by Gasteiger charge is 2.51. The summed E-state index contributed by atoms with van der Waals surface area (Å²) in [4.78, 5) is 11.6. The zero-order valence-electron chi connectivity index (χ0n) is 12.6. The number of hydrogen-bond donors (Lipinski definition) is 3. The van der Waals surface area contributed by atoms with Crippen molar-refractivity contribution >= 4 is 5.97 Å². The third-order valence-electron chi connectivity index (χ3n) is 4.44. The molecule has 0 spiro atoms. The summed E-state index contributed by atoms with van der Waals surface area (Å²) in [5.41, 5.74) is -0.190. The first-order chi connectivity index (χ1) is 9.73. The molecule has 0 heterocycles. The van der Waals surface area contributed by atoms with Gasteiger partial charge in [-0.05, 0) is 17.4 Å². The van der Waals surface area contributed by atoms with Gasteiger partial charge < -0.3 is 20.1 Å². The number of allylic oxidation sites excluding steroid dienone is 1. The van der Waals surface area contributed by atoms with Crippen LogP contribution in [0.3, 0.4) is 0 Å². The third-order valence-corrected chi connectivity index (χ3v) is 4.44. The van der Waals surface area contributed by atoms with Gasteiger partial charge in [0.25, 0.3) is 0 Å². The van der Waals surface area contributed by atoms with Crippen LogP contribution in [0.5, 0.6) is 0 Å². The molecule has 3 N–H and O–H groups in total. The molecule has 1 aliphatic rings. The summed E-state index contributed by atoms with van der Waals surface area (Å²) in [6.07, 6.45) is -0.152. The smallest absolute Gasteiger partial charge is 0.333 e. The van der Waals surface area contributed by atoms with E-state index in [4.69, 9.17) is 0 Å². The maximum atomic E-state index is 11.6. The molecule has 5 heteroatoms. The molecule has 0 aromatic rings. The molecule has 0 bridgehead atoms. The first kappa shape index (κ1) is 17.6. The molecule has 1 rings (SSSR count). The average Bonchev–Trinajstić information content (AvgIpc) is 2.45. The van der Waals surface area contributed by atoms with E-state index in [2.05, 4.69) is 24.5 Å². The fourth-order valence-electron chi connectivity index (χ4n) is 3.25. The molecule has 0 aromatic heterocycles. The second kappa shape index (κ2) is 6.56. The predicted octanol–water partition coefficient (Wildman–Crippen LogP) is 0.814. The number of aliphatic hydroxyl groups excluding tert-OH is 3. The van der Waals surface area contributed by atoms with Crippen LogP contribution < -0.4 is 0 Å². The summed E-state index contributed by atoms with van der Waals surface area (Å²) in [5, 5.41) is 30.3. The Hall–Kier alpha value is -1.43. The van der Waals surface area contributed by atoms with Gasteiger partial charge in [0.15, 0.2) is 0 Å². The third kappa shape index (κ3) is 3.10. The summed E-state index contributed by atoms with van der Waals surface area (Å²) < 4.78 is 4.61. The van der Waals surface area contributed by atoms with Gasteiger partial charge in [-0.1, -0.05) is 26.2 Å². The standard InChI is InChI=1S/C16H24O5/c1-6-16(4)7-11(18)12(10(3)15(20)21-5)14(19)13(16)9(2)8-17/h6,11-14,17-19H,1-3,7-8H2,4-5H3. The Kier molecular flexibility index (Phi) is 5.50. The van der Waals surface area contributed by atoms with Gasteiger partial charge in [0.05, 0.1) is 25.9 Å². The molecule has 0 radical (unpaired) electrons. The van der Waals surface area contributed by atoms with Gasteiger partial charge in [0.2, 0.25) is 0 Å². The monoisotopic (exact) mass is 296 g/mol. The Labute approximate surface area is 125 Å². The Morgan fingerprint density at radius 3 is 2.43 bits per heavy atom. The lowest BCUT2D eigenvalue weighted by atomic mass is 9.58. The van der Waals surface area contributed by atoms with E-state index in [-0.39, 0.29) is 18.6 Å². The lowest BCUT2D eigenvalue weighted by molar-refractivity contribution is -0.140. The molecule has 5 unspecified atom stereocenters. The molecule has 0 saturated heterocycles. The van der Waals surface area contributed by atoms with E-state index in [0.717, 1.165) is 0 Å². The number of hydrogen-bond acceptors (Lipinski definition) is 5. The Bertz CT molecular complexity index is 456. The molecule has 0 aliphatic heterocycles. The topological polar surface area (TPSA) is 87.0 Å². The zero-order valence-corrected chi connectivity index (χ0v) is 12.6. The van der Waals surface area contributed by atoms with Gasteiger partial charge in [0, 0.05) is 17.4 Å². The predicted molar refractivity (Wildman–Crippen MR) is 79.3 cm³/mol. The minimum Gasteiger partial charge on any atom is -0.466 e. The quantitative estimate of drug-likeness (QED) is 0.397. The number of carbonyl (C=O) groups is 1. The molecule has 5 atom stereocenters. The van der Waals surface area contributed by atoms with Crippen LogP contribution in [0.2, 0.25) is 0 Å². The molecule has 0 amide bonds. The fraction of sp³-hybridized carbons (Fsp3) is 0.562. The minimum absolute atomic E-state index is 0.0133. The summed E-state index contributed by atoms with van der Waals surface area (Å²) >= 11 is 0. The van der Waals surface area contributed by atoms with Crippen LogP contribution in [0.4, 0.5) is 0 Å². The minimum atomic E-state index is -1.11. The van der Waals surface area contributed by atoms with Crippen molar-refractivity contribution in [3.8, 4) is 0 Å². The highest BCUT2D eigenvalue weighted by Crippen LogP contribution is 2.49. The second-order valence-corrected chi connectivity index (χ2v) is 5.81. The summed E-state index contributed by atoms with van der Waals surface area (Å²) in [7, 11) is 1.22. The molecule has 1 saturated carbocycles. The van der Waals surface area contributed by atoms with Crippen LogP contribution >= 0.6 is 0 Å². The van der Waals surface area contributed by atoms with Crippen molar-refractivity contribution in [2.24, 2.45) is 17.3 Å². The van der Waals surface area contributed by atoms with Crippen molar-refractivity contribution in [2.45, 2.75) is 25.6 Å². The van der Waals surface area contributed by atoms with Crippen LogP contribution in [-0.4, -0.2) is 47.2 Å². The van der Waals surface area contributed by atoms with Crippen molar-refractivity contribution < 1.29 is 24.9 Å². The number of ether oxygens (including phenoxy) is 1. The van der Waals surface area contributed by atoms with E-state index in [1.807, 2.05) is 6.92 Å². The van der Waals surface area contributed by atoms with Gasteiger partial charge in [-0.2, -0.15) is 0 Å². The fourth-order valence-corrected chi connectivity index (χ4v) is 3.25. The van der Waals surface area contributed by atoms with Crippen LogP contribution in [0.25, 0.3) is 0 Å². The van der Waals surface area contributed by atoms with Gasteiger partial charge in [-0.25, -0.2) is 4.79 Å². The second-order valence-electron chi connectivity index (χ2n) is 5.81. The van der Waals surface area contributed by atoms with E-state index in [9.17, 15) is 20.1 Å². The van der Waals surface area contributed by atoms with Crippen LogP contribution in [0, 0.1) is 17.3 Å². The number of carbonyl (C=O) groups excluding carboxylic acids is 1. The van der Waals surface area contributed by atoms with Crippen molar-refractivity contribution in [2.75, 3.05) is 13.7 Å². The molecule has 118 valence electrons. The Morgan fingerprint density at radius 1 is 1.43 bits per heavy atom. The first-order valence-corrected chi connectivity index (χ1v) is 6.78. The highest BCUT2D eigenvalue weighted by molar-refractivity contribution is 5.88. The normalized spacial score (nSPS) is 35.9. The van der Waals surface area contributed by atoms with E-state index in [1.165, 1.54) is 7.11 Å². The number of methoxy groups -OCH3 is 1. The molecule has 1 fully saturated rings. The maximum Gasteiger partial charge on any atom is 0.333 e. The van der Waals surface area contributed by atoms with E-state index in [0.29, 0.717) is 5.57 Å². The van der Waals surface area contributed by atoms with Crippen LogP contribution in [-0.2, 0) is 9.53 Å². The Balaban J connectivity index is 3.22. The molecule has 0 aromatic carbocycles.